The van der Waals surface area contributed by atoms with Gasteiger partial charge in [-0.1, -0.05) is 6.58 Å². The standard InChI is InChI=1S/C12H22N2O/c1-5-11(15)13-10-7-6-8-14(9-10)12(2,3)4/h5,10H,1,6-9H2,2-4H3,(H,13,15). The van der Waals surface area contributed by atoms with Crippen molar-refractivity contribution in [3.8, 4) is 0 Å². The highest BCUT2D eigenvalue weighted by molar-refractivity contribution is 5.87. The average molecular weight is 210 g/mol. The van der Waals surface area contributed by atoms with Crippen molar-refractivity contribution in [2.45, 2.75) is 45.2 Å². The first-order valence-corrected chi connectivity index (χ1v) is 5.61. The number of rotatable bonds is 2. The molecule has 0 aromatic heterocycles. The van der Waals surface area contributed by atoms with E-state index >= 15 is 0 Å². The second-order valence-electron chi connectivity index (χ2n) is 5.17. The van der Waals surface area contributed by atoms with E-state index in [0.29, 0.717) is 0 Å². The number of nitrogens with zero attached hydrogens (tertiary/aromatic N) is 1. The maximum absolute atomic E-state index is 11.2. The minimum atomic E-state index is -0.0595. The Morgan fingerprint density at radius 1 is 1.53 bits per heavy atom. The molecule has 1 heterocycles. The number of likely N-dealkylation sites (tertiary alicyclic amines) is 1. The lowest BCUT2D eigenvalue weighted by Crippen LogP contribution is -2.53. The van der Waals surface area contributed by atoms with Gasteiger partial charge in [-0.25, -0.2) is 0 Å². The number of carbonyl (C=O) groups is 1. The third-order valence-electron chi connectivity index (χ3n) is 2.90. The molecule has 0 aromatic carbocycles. The van der Waals surface area contributed by atoms with E-state index in [1.54, 1.807) is 0 Å². The normalized spacial score (nSPS) is 23.5. The Kier molecular flexibility index (Phi) is 3.91. The molecule has 0 saturated carbocycles. The largest absolute Gasteiger partial charge is 0.349 e. The van der Waals surface area contributed by atoms with Gasteiger partial charge in [0.25, 0.3) is 0 Å². The quantitative estimate of drug-likeness (QED) is 0.701. The number of nitrogens with one attached hydrogen (secondary N) is 1. The van der Waals surface area contributed by atoms with Gasteiger partial charge in [0.15, 0.2) is 0 Å². The Balaban J connectivity index is 2.49. The fourth-order valence-electron chi connectivity index (χ4n) is 1.96. The Morgan fingerprint density at radius 2 is 2.20 bits per heavy atom. The third-order valence-corrected chi connectivity index (χ3v) is 2.90. The lowest BCUT2D eigenvalue weighted by molar-refractivity contribution is -0.117. The van der Waals surface area contributed by atoms with E-state index in [2.05, 4.69) is 37.6 Å². The molecule has 86 valence electrons. The smallest absolute Gasteiger partial charge is 0.243 e. The summed E-state index contributed by atoms with van der Waals surface area (Å²) in [5.74, 6) is -0.0595. The van der Waals surface area contributed by atoms with Crippen LogP contribution >= 0.6 is 0 Å². The van der Waals surface area contributed by atoms with E-state index in [0.717, 1.165) is 25.9 Å². The molecule has 1 rings (SSSR count). The first-order valence-electron chi connectivity index (χ1n) is 5.61. The number of amides is 1. The van der Waals surface area contributed by atoms with Crippen molar-refractivity contribution in [2.75, 3.05) is 13.1 Å². The van der Waals surface area contributed by atoms with E-state index < -0.39 is 0 Å². The lowest BCUT2D eigenvalue weighted by atomic mass is 9.98. The Hall–Kier alpha value is -0.830. The Morgan fingerprint density at radius 3 is 2.73 bits per heavy atom. The Labute approximate surface area is 92.5 Å². The molecule has 1 aliphatic rings. The minimum absolute atomic E-state index is 0.0595. The van der Waals surface area contributed by atoms with Crippen LogP contribution in [-0.4, -0.2) is 35.5 Å². The summed E-state index contributed by atoms with van der Waals surface area (Å²) in [6, 6.07) is 0.281. The topological polar surface area (TPSA) is 32.3 Å². The van der Waals surface area contributed by atoms with Crippen LogP contribution in [0.4, 0.5) is 0 Å². The zero-order valence-electron chi connectivity index (χ0n) is 10.0. The number of hydrogen-bond acceptors (Lipinski definition) is 2. The first kappa shape index (κ1) is 12.2. The summed E-state index contributed by atoms with van der Waals surface area (Å²) in [5, 5.41) is 2.97. The molecule has 1 unspecified atom stereocenters. The summed E-state index contributed by atoms with van der Waals surface area (Å²) in [4.78, 5) is 13.6. The van der Waals surface area contributed by atoms with E-state index in [1.165, 1.54) is 6.08 Å². The van der Waals surface area contributed by atoms with Gasteiger partial charge in [-0.15, -0.1) is 0 Å². The van der Waals surface area contributed by atoms with Crippen LogP contribution in [0.1, 0.15) is 33.6 Å². The van der Waals surface area contributed by atoms with Gasteiger partial charge < -0.3 is 5.32 Å². The van der Waals surface area contributed by atoms with Crippen LogP contribution in [0.15, 0.2) is 12.7 Å². The Bertz CT molecular complexity index is 242. The average Bonchev–Trinajstić information content (AvgIpc) is 2.17. The molecule has 0 aliphatic carbocycles. The molecular weight excluding hydrogens is 188 g/mol. The van der Waals surface area contributed by atoms with Crippen molar-refractivity contribution in [1.29, 1.82) is 0 Å². The molecule has 1 N–H and O–H groups in total. The molecule has 1 fully saturated rings. The van der Waals surface area contributed by atoms with Gasteiger partial charge in [-0.3, -0.25) is 9.69 Å². The molecule has 1 amide bonds. The molecule has 0 aromatic rings. The van der Waals surface area contributed by atoms with Gasteiger partial charge >= 0.3 is 0 Å². The zero-order valence-corrected chi connectivity index (χ0v) is 10.0. The maximum atomic E-state index is 11.2. The van der Waals surface area contributed by atoms with Crippen molar-refractivity contribution in [3.05, 3.63) is 12.7 Å². The molecule has 15 heavy (non-hydrogen) atoms. The van der Waals surface area contributed by atoms with Crippen molar-refractivity contribution < 1.29 is 4.79 Å². The SMILES string of the molecule is C=CC(=O)NC1CCCN(C(C)(C)C)C1. The lowest BCUT2D eigenvalue weighted by Gasteiger charge is -2.41. The van der Waals surface area contributed by atoms with Gasteiger partial charge in [0.05, 0.1) is 0 Å². The van der Waals surface area contributed by atoms with Crippen molar-refractivity contribution in [1.82, 2.24) is 10.2 Å². The molecule has 0 radical (unpaired) electrons. The van der Waals surface area contributed by atoms with Crippen LogP contribution in [0.25, 0.3) is 0 Å². The highest BCUT2D eigenvalue weighted by atomic mass is 16.1. The van der Waals surface area contributed by atoms with Crippen LogP contribution in [0.5, 0.6) is 0 Å². The van der Waals surface area contributed by atoms with Crippen LogP contribution in [0, 0.1) is 0 Å². The second-order valence-corrected chi connectivity index (χ2v) is 5.17. The number of piperidine rings is 1. The fourth-order valence-corrected chi connectivity index (χ4v) is 1.96. The van der Waals surface area contributed by atoms with Gasteiger partial charge in [0.1, 0.15) is 0 Å². The van der Waals surface area contributed by atoms with Crippen LogP contribution < -0.4 is 5.32 Å². The summed E-state index contributed by atoms with van der Waals surface area (Å²) < 4.78 is 0. The molecule has 3 nitrogen and oxygen atoms in total. The van der Waals surface area contributed by atoms with Crippen molar-refractivity contribution >= 4 is 5.91 Å². The second kappa shape index (κ2) is 4.79. The maximum Gasteiger partial charge on any atom is 0.243 e. The molecule has 3 heteroatoms. The molecule has 1 aliphatic heterocycles. The van der Waals surface area contributed by atoms with Crippen LogP contribution in [0.2, 0.25) is 0 Å². The van der Waals surface area contributed by atoms with E-state index in [1.807, 2.05) is 0 Å². The minimum Gasteiger partial charge on any atom is -0.349 e. The van der Waals surface area contributed by atoms with Crippen LogP contribution in [-0.2, 0) is 4.79 Å². The first-order chi connectivity index (χ1) is 6.93. The predicted octanol–water partition coefficient (Wildman–Crippen LogP) is 1.55. The monoisotopic (exact) mass is 210 g/mol. The van der Waals surface area contributed by atoms with E-state index in [-0.39, 0.29) is 17.5 Å². The summed E-state index contributed by atoms with van der Waals surface area (Å²) in [7, 11) is 0. The highest BCUT2D eigenvalue weighted by Crippen LogP contribution is 2.19. The van der Waals surface area contributed by atoms with Crippen molar-refractivity contribution in [3.63, 3.8) is 0 Å². The van der Waals surface area contributed by atoms with Gasteiger partial charge in [0.2, 0.25) is 5.91 Å². The third kappa shape index (κ3) is 3.67. The van der Waals surface area contributed by atoms with E-state index in [9.17, 15) is 4.79 Å². The van der Waals surface area contributed by atoms with Gasteiger partial charge in [-0.05, 0) is 46.2 Å². The molecule has 1 atom stereocenters. The van der Waals surface area contributed by atoms with Crippen LogP contribution in [0.3, 0.4) is 0 Å². The summed E-state index contributed by atoms with van der Waals surface area (Å²) in [6.07, 6.45) is 3.57. The number of carbonyl (C=O) groups excluding carboxylic acids is 1. The van der Waals surface area contributed by atoms with Gasteiger partial charge in [0, 0.05) is 18.1 Å². The summed E-state index contributed by atoms with van der Waals surface area (Å²) in [5.41, 5.74) is 0.192. The highest BCUT2D eigenvalue weighted by Gasteiger charge is 2.27. The van der Waals surface area contributed by atoms with E-state index in [4.69, 9.17) is 0 Å². The molecule has 0 spiro atoms. The van der Waals surface area contributed by atoms with Gasteiger partial charge in [-0.2, -0.15) is 0 Å². The summed E-state index contributed by atoms with van der Waals surface area (Å²) in [6.45, 7) is 12.2. The fraction of sp³-hybridized carbons (Fsp3) is 0.750. The number of hydrogen-bond donors (Lipinski definition) is 1. The predicted molar refractivity (Wildman–Crippen MR) is 62.7 cm³/mol. The summed E-state index contributed by atoms with van der Waals surface area (Å²) >= 11 is 0. The molecule has 0 bridgehead atoms. The zero-order chi connectivity index (χ0) is 11.5. The molecular formula is C12H22N2O. The molecule has 1 saturated heterocycles. The van der Waals surface area contributed by atoms with Crippen molar-refractivity contribution in [2.24, 2.45) is 0 Å².